The molecule has 4 heteroatoms. The van der Waals surface area contributed by atoms with Gasteiger partial charge in [-0.15, -0.1) is 0 Å². The summed E-state index contributed by atoms with van der Waals surface area (Å²) in [5, 5.41) is 20.4. The van der Waals surface area contributed by atoms with Gasteiger partial charge in [-0.3, -0.25) is 0 Å². The van der Waals surface area contributed by atoms with E-state index in [4.69, 9.17) is 9.47 Å². The van der Waals surface area contributed by atoms with Crippen molar-refractivity contribution in [1.29, 1.82) is 0 Å². The summed E-state index contributed by atoms with van der Waals surface area (Å²) in [7, 11) is 0. The van der Waals surface area contributed by atoms with Crippen LogP contribution in [0.3, 0.4) is 0 Å². The van der Waals surface area contributed by atoms with Crippen LogP contribution in [-0.2, 0) is 9.47 Å². The summed E-state index contributed by atoms with van der Waals surface area (Å²) in [6, 6.07) is 0. The van der Waals surface area contributed by atoms with Gasteiger partial charge in [-0.05, 0) is 26.2 Å². The number of ether oxygens (including phenoxy) is 2. The van der Waals surface area contributed by atoms with Crippen LogP contribution in [0.4, 0.5) is 0 Å². The summed E-state index contributed by atoms with van der Waals surface area (Å²) >= 11 is 0. The molecule has 0 bridgehead atoms. The van der Waals surface area contributed by atoms with Gasteiger partial charge in [0, 0.05) is 6.61 Å². The van der Waals surface area contributed by atoms with Crippen molar-refractivity contribution in [2.24, 2.45) is 5.92 Å². The lowest BCUT2D eigenvalue weighted by Crippen LogP contribution is -2.43. The van der Waals surface area contributed by atoms with Gasteiger partial charge in [-0.2, -0.15) is 0 Å². The van der Waals surface area contributed by atoms with Crippen LogP contribution < -0.4 is 0 Å². The fourth-order valence-electron chi connectivity index (χ4n) is 3.04. The molecule has 0 aliphatic carbocycles. The van der Waals surface area contributed by atoms with Crippen LogP contribution in [0.2, 0.25) is 0 Å². The molecule has 0 unspecified atom stereocenters. The first-order valence-corrected chi connectivity index (χ1v) is 9.67. The van der Waals surface area contributed by atoms with Crippen molar-refractivity contribution < 1.29 is 19.7 Å². The third kappa shape index (κ3) is 7.64. The Hall–Kier alpha value is -0.420. The van der Waals surface area contributed by atoms with Crippen LogP contribution in [0.5, 0.6) is 0 Å². The molecule has 0 amide bonds. The zero-order chi connectivity index (χ0) is 18.1. The van der Waals surface area contributed by atoms with Gasteiger partial charge in [-0.1, -0.05) is 70.9 Å². The minimum atomic E-state index is -1.03. The minimum absolute atomic E-state index is 0.0286. The second-order valence-corrected chi connectivity index (χ2v) is 7.70. The van der Waals surface area contributed by atoms with E-state index in [1.54, 1.807) is 0 Å². The fraction of sp³-hybridized carbons (Fsp3) is 0.900. The minimum Gasteiger partial charge on any atom is -0.396 e. The highest BCUT2D eigenvalue weighted by Gasteiger charge is 2.44. The number of aliphatic hydroxyl groups is 2. The number of hydrogen-bond acceptors (Lipinski definition) is 4. The van der Waals surface area contributed by atoms with Crippen LogP contribution >= 0.6 is 0 Å². The van der Waals surface area contributed by atoms with E-state index in [2.05, 4.69) is 6.92 Å². The Morgan fingerprint density at radius 1 is 1.17 bits per heavy atom. The molecular weight excluding hydrogens is 304 g/mol. The van der Waals surface area contributed by atoms with E-state index < -0.39 is 11.4 Å². The van der Waals surface area contributed by atoms with Gasteiger partial charge in [0.15, 0.2) is 5.79 Å². The van der Waals surface area contributed by atoms with Gasteiger partial charge in [0.05, 0.1) is 6.61 Å². The molecule has 1 rings (SSSR count). The van der Waals surface area contributed by atoms with E-state index >= 15 is 0 Å². The van der Waals surface area contributed by atoms with Crippen molar-refractivity contribution in [1.82, 2.24) is 0 Å². The molecule has 1 aliphatic rings. The fourth-order valence-corrected chi connectivity index (χ4v) is 3.04. The van der Waals surface area contributed by atoms with Crippen molar-refractivity contribution in [2.75, 3.05) is 13.2 Å². The summed E-state index contributed by atoms with van der Waals surface area (Å²) < 4.78 is 11.5. The Balaban J connectivity index is 2.53. The molecule has 24 heavy (non-hydrogen) atoms. The van der Waals surface area contributed by atoms with Gasteiger partial charge >= 0.3 is 0 Å². The van der Waals surface area contributed by atoms with Crippen LogP contribution in [-0.4, -0.2) is 40.9 Å². The Morgan fingerprint density at radius 3 is 2.33 bits per heavy atom. The summed E-state index contributed by atoms with van der Waals surface area (Å²) in [5.74, 6) is -0.615. The first kappa shape index (κ1) is 21.6. The van der Waals surface area contributed by atoms with Gasteiger partial charge in [0.25, 0.3) is 0 Å². The topological polar surface area (TPSA) is 58.9 Å². The van der Waals surface area contributed by atoms with E-state index in [-0.39, 0.29) is 18.6 Å². The standard InChI is InChI=1S/C20H38O4/c1-5-6-7-8-9-10-11-13-20(22,14-12-17(2)15-21)18-16-23-19(3,4)24-18/h12,14,17-18,21-22H,5-11,13,15-16H2,1-4H3/b14-12-/t17-,18+,20+/m1/s1. The van der Waals surface area contributed by atoms with E-state index in [9.17, 15) is 10.2 Å². The number of hydrogen-bond donors (Lipinski definition) is 2. The molecule has 1 heterocycles. The lowest BCUT2D eigenvalue weighted by Gasteiger charge is -2.31. The van der Waals surface area contributed by atoms with Crippen molar-refractivity contribution in [2.45, 2.75) is 96.6 Å². The second kappa shape index (κ2) is 10.5. The molecule has 0 saturated carbocycles. The highest BCUT2D eigenvalue weighted by molar-refractivity contribution is 5.08. The Morgan fingerprint density at radius 2 is 1.79 bits per heavy atom. The molecule has 2 N–H and O–H groups in total. The van der Waals surface area contributed by atoms with Gasteiger partial charge in [0.2, 0.25) is 0 Å². The highest BCUT2D eigenvalue weighted by atomic mass is 16.7. The lowest BCUT2D eigenvalue weighted by molar-refractivity contribution is -0.162. The lowest BCUT2D eigenvalue weighted by atomic mass is 9.88. The molecule has 0 aromatic carbocycles. The zero-order valence-electron chi connectivity index (χ0n) is 16.1. The van der Waals surface area contributed by atoms with Crippen LogP contribution in [0, 0.1) is 5.92 Å². The van der Waals surface area contributed by atoms with E-state index in [0.29, 0.717) is 13.0 Å². The van der Waals surface area contributed by atoms with Crippen LogP contribution in [0.15, 0.2) is 12.2 Å². The molecule has 142 valence electrons. The Labute approximate surface area is 148 Å². The normalized spacial score (nSPS) is 24.3. The third-order valence-electron chi connectivity index (χ3n) is 4.75. The van der Waals surface area contributed by atoms with Gasteiger partial charge < -0.3 is 19.7 Å². The molecule has 0 aromatic rings. The van der Waals surface area contributed by atoms with Crippen molar-refractivity contribution in [3.8, 4) is 0 Å². The van der Waals surface area contributed by atoms with Crippen LogP contribution in [0.25, 0.3) is 0 Å². The second-order valence-electron chi connectivity index (χ2n) is 7.70. The average Bonchev–Trinajstić information content (AvgIpc) is 2.92. The SMILES string of the molecule is CCCCCCCCC[C@](O)(/C=C\[C@@H](C)CO)[C@@H]1COC(C)(C)O1. The quantitative estimate of drug-likeness (QED) is 0.412. The van der Waals surface area contributed by atoms with Gasteiger partial charge in [-0.25, -0.2) is 0 Å². The van der Waals surface area contributed by atoms with E-state index in [1.807, 2.05) is 32.9 Å². The van der Waals surface area contributed by atoms with Crippen molar-refractivity contribution in [3.05, 3.63) is 12.2 Å². The largest absolute Gasteiger partial charge is 0.396 e. The average molecular weight is 343 g/mol. The summed E-state index contributed by atoms with van der Waals surface area (Å²) in [6.07, 6.45) is 12.5. The summed E-state index contributed by atoms with van der Waals surface area (Å²) in [4.78, 5) is 0. The highest BCUT2D eigenvalue weighted by Crippen LogP contribution is 2.33. The molecule has 3 atom stereocenters. The monoisotopic (exact) mass is 342 g/mol. The summed E-state index contributed by atoms with van der Waals surface area (Å²) in [6.45, 7) is 8.39. The predicted octanol–water partition coefficient (Wildman–Crippen LogP) is 4.19. The number of rotatable bonds is 12. The Bertz CT molecular complexity index is 367. The molecular formula is C20H38O4. The van der Waals surface area contributed by atoms with Crippen molar-refractivity contribution >= 4 is 0 Å². The van der Waals surface area contributed by atoms with Crippen LogP contribution in [0.1, 0.15) is 79.1 Å². The Kier molecular flexibility index (Phi) is 9.50. The first-order valence-electron chi connectivity index (χ1n) is 9.67. The summed E-state index contributed by atoms with van der Waals surface area (Å²) in [5.41, 5.74) is -1.03. The molecule has 1 aliphatic heterocycles. The number of unbranched alkanes of at least 4 members (excludes halogenated alkanes) is 6. The smallest absolute Gasteiger partial charge is 0.163 e. The maximum Gasteiger partial charge on any atom is 0.163 e. The van der Waals surface area contributed by atoms with Gasteiger partial charge in [0.1, 0.15) is 11.7 Å². The molecule has 1 fully saturated rings. The van der Waals surface area contributed by atoms with E-state index in [0.717, 1.165) is 12.8 Å². The first-order chi connectivity index (χ1) is 11.3. The predicted molar refractivity (Wildman–Crippen MR) is 97.9 cm³/mol. The number of aliphatic hydroxyl groups excluding tert-OH is 1. The maximum absolute atomic E-state index is 11.2. The molecule has 4 nitrogen and oxygen atoms in total. The van der Waals surface area contributed by atoms with E-state index in [1.165, 1.54) is 32.1 Å². The molecule has 1 saturated heterocycles. The van der Waals surface area contributed by atoms with Crippen molar-refractivity contribution in [3.63, 3.8) is 0 Å². The third-order valence-corrected chi connectivity index (χ3v) is 4.75. The molecule has 0 spiro atoms. The zero-order valence-corrected chi connectivity index (χ0v) is 16.1. The maximum atomic E-state index is 11.2. The molecule has 0 radical (unpaired) electrons. The molecule has 0 aromatic heterocycles.